The number of halogens is 1. The lowest BCUT2D eigenvalue weighted by atomic mass is 10.3. The fraction of sp³-hybridized carbons (Fsp3) is 0.222. The van der Waals surface area contributed by atoms with Gasteiger partial charge in [0.25, 0.3) is 0 Å². The Labute approximate surface area is 91.2 Å². The van der Waals surface area contributed by atoms with Gasteiger partial charge in [-0.3, -0.25) is 0 Å². The van der Waals surface area contributed by atoms with Crippen molar-refractivity contribution in [3.8, 4) is 5.75 Å². The molecule has 1 aromatic rings. The molecule has 0 atom stereocenters. The zero-order valence-corrected chi connectivity index (χ0v) is 9.40. The maximum atomic E-state index is 5.40. The first-order valence-electron chi connectivity index (χ1n) is 3.85. The summed E-state index contributed by atoms with van der Waals surface area (Å²) in [6.45, 7) is 0.534. The molecule has 0 aliphatic heterocycles. The fourth-order valence-corrected chi connectivity index (χ4v) is 1.29. The van der Waals surface area contributed by atoms with Crippen LogP contribution in [-0.2, 0) is 0 Å². The maximum absolute atomic E-state index is 5.40. The lowest BCUT2D eigenvalue weighted by Crippen LogP contribution is -2.12. The zero-order valence-electron chi connectivity index (χ0n) is 7.00. The average Bonchev–Trinajstić information content (AvgIpc) is 2.03. The van der Waals surface area contributed by atoms with Crippen molar-refractivity contribution < 1.29 is 4.74 Å². The third-order valence-corrected chi connectivity index (χ3v) is 2.11. The number of ether oxygens (including phenoxy) is 1. The van der Waals surface area contributed by atoms with Crippen LogP contribution in [0.2, 0.25) is 0 Å². The summed E-state index contributed by atoms with van der Waals surface area (Å²) in [5.41, 5.74) is 5.33. The Kier molecular flexibility index (Phi) is 4.18. The monoisotopic (exact) mass is 259 g/mol. The highest BCUT2D eigenvalue weighted by atomic mass is 79.9. The smallest absolute Gasteiger partial charge is 0.120 e. The van der Waals surface area contributed by atoms with Crippen molar-refractivity contribution >= 4 is 33.1 Å². The van der Waals surface area contributed by atoms with Gasteiger partial charge in [0, 0.05) is 10.9 Å². The van der Waals surface area contributed by atoms with E-state index in [0.29, 0.717) is 18.0 Å². The molecule has 2 nitrogen and oxygen atoms in total. The predicted molar refractivity (Wildman–Crippen MR) is 61.0 cm³/mol. The Morgan fingerprint density at radius 1 is 1.54 bits per heavy atom. The molecular formula is C9H10BrNOS. The van der Waals surface area contributed by atoms with Crippen LogP contribution in [0.25, 0.3) is 0 Å². The molecule has 13 heavy (non-hydrogen) atoms. The van der Waals surface area contributed by atoms with Crippen molar-refractivity contribution in [2.45, 2.75) is 6.42 Å². The molecule has 0 bridgehead atoms. The molecule has 1 aromatic carbocycles. The van der Waals surface area contributed by atoms with E-state index in [-0.39, 0.29) is 0 Å². The summed E-state index contributed by atoms with van der Waals surface area (Å²) in [5.74, 6) is 0.825. The van der Waals surface area contributed by atoms with Crippen molar-refractivity contribution in [1.82, 2.24) is 0 Å². The minimum absolute atomic E-state index is 0.481. The maximum Gasteiger partial charge on any atom is 0.120 e. The molecule has 2 N–H and O–H groups in total. The van der Waals surface area contributed by atoms with Crippen LogP contribution in [0.1, 0.15) is 6.42 Å². The minimum Gasteiger partial charge on any atom is -0.493 e. The number of benzene rings is 1. The molecule has 4 heteroatoms. The van der Waals surface area contributed by atoms with Crippen molar-refractivity contribution in [1.29, 1.82) is 0 Å². The van der Waals surface area contributed by atoms with Crippen molar-refractivity contribution in [3.05, 3.63) is 28.7 Å². The van der Waals surface area contributed by atoms with Crippen molar-refractivity contribution in [2.24, 2.45) is 5.73 Å². The Morgan fingerprint density at radius 3 is 2.92 bits per heavy atom. The molecule has 70 valence electrons. The quantitative estimate of drug-likeness (QED) is 0.845. The van der Waals surface area contributed by atoms with Gasteiger partial charge in [-0.1, -0.05) is 34.2 Å². The predicted octanol–water partition coefficient (Wildman–Crippen LogP) is 2.50. The standard InChI is InChI=1S/C9H10BrNOS/c10-7-2-1-3-8(6-7)12-5-4-9(11)13/h1-3,6H,4-5H2,(H2,11,13). The molecule has 0 fully saturated rings. The summed E-state index contributed by atoms with van der Waals surface area (Å²) in [7, 11) is 0. The van der Waals surface area contributed by atoms with Gasteiger partial charge in [-0.05, 0) is 18.2 Å². The first-order valence-corrected chi connectivity index (χ1v) is 5.05. The second-order valence-electron chi connectivity index (χ2n) is 2.52. The normalized spacial score (nSPS) is 9.62. The van der Waals surface area contributed by atoms with E-state index in [9.17, 15) is 0 Å². The number of nitrogens with two attached hydrogens (primary N) is 1. The highest BCUT2D eigenvalue weighted by molar-refractivity contribution is 9.10. The van der Waals surface area contributed by atoms with E-state index in [4.69, 9.17) is 22.7 Å². The van der Waals surface area contributed by atoms with Crippen molar-refractivity contribution in [3.63, 3.8) is 0 Å². The van der Waals surface area contributed by atoms with Crippen LogP contribution >= 0.6 is 28.1 Å². The van der Waals surface area contributed by atoms with E-state index < -0.39 is 0 Å². The summed E-state index contributed by atoms with van der Waals surface area (Å²) in [6, 6.07) is 7.66. The topological polar surface area (TPSA) is 35.2 Å². The molecule has 0 spiro atoms. The van der Waals surface area contributed by atoms with Gasteiger partial charge in [-0.2, -0.15) is 0 Å². The van der Waals surface area contributed by atoms with Crippen LogP contribution in [0.4, 0.5) is 0 Å². The van der Waals surface area contributed by atoms with Gasteiger partial charge in [-0.25, -0.2) is 0 Å². The van der Waals surface area contributed by atoms with E-state index in [1.807, 2.05) is 24.3 Å². The van der Waals surface area contributed by atoms with E-state index >= 15 is 0 Å². The molecule has 0 aromatic heterocycles. The first kappa shape index (κ1) is 10.5. The summed E-state index contributed by atoms with van der Waals surface area (Å²) in [4.78, 5) is 0.481. The average molecular weight is 260 g/mol. The van der Waals surface area contributed by atoms with Crippen LogP contribution in [0, 0.1) is 0 Å². The molecular weight excluding hydrogens is 250 g/mol. The van der Waals surface area contributed by atoms with Crippen LogP contribution in [-0.4, -0.2) is 11.6 Å². The van der Waals surface area contributed by atoms with Gasteiger partial charge in [0.05, 0.1) is 11.6 Å². The van der Waals surface area contributed by atoms with E-state index in [2.05, 4.69) is 15.9 Å². The largest absolute Gasteiger partial charge is 0.493 e. The molecule has 0 aliphatic carbocycles. The third-order valence-electron chi connectivity index (χ3n) is 1.41. The highest BCUT2D eigenvalue weighted by Gasteiger charge is 1.95. The highest BCUT2D eigenvalue weighted by Crippen LogP contribution is 2.17. The second-order valence-corrected chi connectivity index (χ2v) is 3.96. The summed E-state index contributed by atoms with van der Waals surface area (Å²) in [5, 5.41) is 0. The molecule has 0 unspecified atom stereocenters. The number of rotatable bonds is 4. The Bertz CT molecular complexity index is 303. The van der Waals surface area contributed by atoms with E-state index in [1.165, 1.54) is 0 Å². The number of hydrogen-bond acceptors (Lipinski definition) is 2. The van der Waals surface area contributed by atoms with Gasteiger partial charge in [-0.15, -0.1) is 0 Å². The Morgan fingerprint density at radius 2 is 2.31 bits per heavy atom. The second kappa shape index (κ2) is 5.19. The summed E-state index contributed by atoms with van der Waals surface area (Å²) < 4.78 is 6.40. The van der Waals surface area contributed by atoms with Gasteiger partial charge in [0.1, 0.15) is 5.75 Å². The molecule has 0 saturated heterocycles. The van der Waals surface area contributed by atoms with Crippen LogP contribution < -0.4 is 10.5 Å². The zero-order chi connectivity index (χ0) is 9.68. The number of thiocarbonyl (C=S) groups is 1. The lowest BCUT2D eigenvalue weighted by Gasteiger charge is -2.04. The summed E-state index contributed by atoms with van der Waals surface area (Å²) >= 11 is 8.08. The Balaban J connectivity index is 2.41. The lowest BCUT2D eigenvalue weighted by molar-refractivity contribution is 0.329. The number of hydrogen-bond donors (Lipinski definition) is 1. The molecule has 0 radical (unpaired) electrons. The minimum atomic E-state index is 0.481. The first-order chi connectivity index (χ1) is 6.18. The van der Waals surface area contributed by atoms with E-state index in [1.54, 1.807) is 0 Å². The van der Waals surface area contributed by atoms with Gasteiger partial charge >= 0.3 is 0 Å². The third kappa shape index (κ3) is 4.24. The van der Waals surface area contributed by atoms with Crippen LogP contribution in [0.5, 0.6) is 5.75 Å². The molecule has 0 amide bonds. The van der Waals surface area contributed by atoms with Crippen LogP contribution in [0.3, 0.4) is 0 Å². The summed E-state index contributed by atoms with van der Waals surface area (Å²) in [6.07, 6.45) is 0.613. The fourth-order valence-electron chi connectivity index (χ4n) is 0.826. The van der Waals surface area contributed by atoms with Gasteiger partial charge in [0.2, 0.25) is 0 Å². The molecule has 0 aliphatic rings. The van der Waals surface area contributed by atoms with Gasteiger partial charge < -0.3 is 10.5 Å². The Hall–Kier alpha value is -0.610. The van der Waals surface area contributed by atoms with E-state index in [0.717, 1.165) is 10.2 Å². The molecule has 0 saturated carbocycles. The van der Waals surface area contributed by atoms with Crippen molar-refractivity contribution in [2.75, 3.05) is 6.61 Å². The molecule has 0 heterocycles. The van der Waals surface area contributed by atoms with Gasteiger partial charge in [0.15, 0.2) is 0 Å². The molecule has 1 rings (SSSR count). The van der Waals surface area contributed by atoms with Crippen LogP contribution in [0.15, 0.2) is 28.7 Å². The SMILES string of the molecule is NC(=S)CCOc1cccc(Br)c1.